The van der Waals surface area contributed by atoms with Gasteiger partial charge in [0.1, 0.15) is 11.5 Å². The van der Waals surface area contributed by atoms with Crippen LogP contribution in [-0.4, -0.2) is 24.5 Å². The molecule has 1 aliphatic rings. The predicted octanol–water partition coefficient (Wildman–Crippen LogP) is 2.32. The number of nitrogens with two attached hydrogens (primary N) is 1. The summed E-state index contributed by atoms with van der Waals surface area (Å²) < 4.78 is 5.70. The number of hydrogen-bond donors (Lipinski definition) is 1. The van der Waals surface area contributed by atoms with Crippen molar-refractivity contribution in [1.82, 2.24) is 4.90 Å². The summed E-state index contributed by atoms with van der Waals surface area (Å²) in [5, 5.41) is 0. The molecule has 1 fully saturated rings. The van der Waals surface area contributed by atoms with Crippen LogP contribution in [0.2, 0.25) is 0 Å². The van der Waals surface area contributed by atoms with Gasteiger partial charge in [0.25, 0.3) is 0 Å². The summed E-state index contributed by atoms with van der Waals surface area (Å²) in [4.78, 5) is 2.44. The zero-order valence-electron chi connectivity index (χ0n) is 10.3. The first-order chi connectivity index (χ1) is 7.74. The maximum atomic E-state index is 5.88. The molecule has 1 atom stereocenters. The zero-order chi connectivity index (χ0) is 11.5. The molecule has 0 bridgehead atoms. The fourth-order valence-corrected chi connectivity index (χ4v) is 2.19. The molecule has 16 heavy (non-hydrogen) atoms. The summed E-state index contributed by atoms with van der Waals surface area (Å²) >= 11 is 0. The summed E-state index contributed by atoms with van der Waals surface area (Å²) in [5.41, 5.74) is 5.88. The second-order valence-electron chi connectivity index (χ2n) is 4.73. The Labute approximate surface area is 97.6 Å². The SMILES string of the molecule is CCN(CC1CC1)C(CN)c1ccc(C)o1. The van der Waals surface area contributed by atoms with Gasteiger partial charge in [-0.25, -0.2) is 0 Å². The van der Waals surface area contributed by atoms with Crippen molar-refractivity contribution in [2.75, 3.05) is 19.6 Å². The van der Waals surface area contributed by atoms with E-state index in [1.807, 2.05) is 13.0 Å². The molecule has 0 saturated heterocycles. The van der Waals surface area contributed by atoms with Crippen molar-refractivity contribution in [3.63, 3.8) is 0 Å². The number of likely N-dealkylation sites (N-methyl/N-ethyl adjacent to an activating group) is 1. The molecule has 0 aliphatic heterocycles. The number of hydrogen-bond acceptors (Lipinski definition) is 3. The van der Waals surface area contributed by atoms with E-state index in [0.717, 1.165) is 30.5 Å². The van der Waals surface area contributed by atoms with Crippen LogP contribution >= 0.6 is 0 Å². The molecule has 90 valence electrons. The molecular weight excluding hydrogens is 200 g/mol. The molecule has 1 unspecified atom stereocenters. The largest absolute Gasteiger partial charge is 0.465 e. The molecule has 1 aromatic rings. The molecule has 2 rings (SSSR count). The third kappa shape index (κ3) is 2.66. The Balaban J connectivity index is 2.06. The lowest BCUT2D eigenvalue weighted by molar-refractivity contribution is 0.179. The van der Waals surface area contributed by atoms with E-state index in [-0.39, 0.29) is 6.04 Å². The lowest BCUT2D eigenvalue weighted by atomic mass is 10.1. The minimum atomic E-state index is 0.249. The Kier molecular flexibility index (Phi) is 3.66. The molecule has 0 radical (unpaired) electrons. The lowest BCUT2D eigenvalue weighted by Crippen LogP contribution is -2.35. The van der Waals surface area contributed by atoms with Crippen LogP contribution in [0.15, 0.2) is 16.5 Å². The highest BCUT2D eigenvalue weighted by atomic mass is 16.3. The second kappa shape index (κ2) is 5.02. The van der Waals surface area contributed by atoms with E-state index in [2.05, 4.69) is 17.9 Å². The van der Waals surface area contributed by atoms with Gasteiger partial charge in [0.15, 0.2) is 0 Å². The van der Waals surface area contributed by atoms with Crippen LogP contribution in [0.3, 0.4) is 0 Å². The minimum absolute atomic E-state index is 0.249. The van der Waals surface area contributed by atoms with E-state index < -0.39 is 0 Å². The molecular formula is C13H22N2O. The molecule has 1 saturated carbocycles. The molecule has 3 heteroatoms. The van der Waals surface area contributed by atoms with E-state index in [1.165, 1.54) is 12.8 Å². The molecule has 1 aromatic heterocycles. The average molecular weight is 222 g/mol. The van der Waals surface area contributed by atoms with Gasteiger partial charge in [-0.05, 0) is 44.4 Å². The van der Waals surface area contributed by atoms with Crippen molar-refractivity contribution in [2.24, 2.45) is 11.7 Å². The second-order valence-corrected chi connectivity index (χ2v) is 4.73. The Hall–Kier alpha value is -0.800. The lowest BCUT2D eigenvalue weighted by Gasteiger charge is -2.28. The molecule has 2 N–H and O–H groups in total. The van der Waals surface area contributed by atoms with Crippen LogP contribution in [0.25, 0.3) is 0 Å². The van der Waals surface area contributed by atoms with E-state index in [0.29, 0.717) is 6.54 Å². The van der Waals surface area contributed by atoms with Gasteiger partial charge >= 0.3 is 0 Å². The number of nitrogens with zero attached hydrogens (tertiary/aromatic N) is 1. The first-order valence-electron chi connectivity index (χ1n) is 6.25. The average Bonchev–Trinajstić information content (AvgIpc) is 3.00. The van der Waals surface area contributed by atoms with Crippen LogP contribution in [0, 0.1) is 12.8 Å². The van der Waals surface area contributed by atoms with E-state index in [4.69, 9.17) is 10.2 Å². The van der Waals surface area contributed by atoms with Crippen LogP contribution in [-0.2, 0) is 0 Å². The van der Waals surface area contributed by atoms with Crippen molar-refractivity contribution in [3.05, 3.63) is 23.7 Å². The maximum Gasteiger partial charge on any atom is 0.122 e. The quantitative estimate of drug-likeness (QED) is 0.803. The topological polar surface area (TPSA) is 42.4 Å². The number of furan rings is 1. The van der Waals surface area contributed by atoms with Crippen molar-refractivity contribution in [3.8, 4) is 0 Å². The Morgan fingerprint density at radius 1 is 1.50 bits per heavy atom. The van der Waals surface area contributed by atoms with Gasteiger partial charge in [-0.1, -0.05) is 6.92 Å². The minimum Gasteiger partial charge on any atom is -0.465 e. The molecule has 1 heterocycles. The highest BCUT2D eigenvalue weighted by molar-refractivity contribution is 5.10. The van der Waals surface area contributed by atoms with Gasteiger partial charge in [-0.2, -0.15) is 0 Å². The van der Waals surface area contributed by atoms with Crippen molar-refractivity contribution in [2.45, 2.75) is 32.7 Å². The van der Waals surface area contributed by atoms with Crippen LogP contribution in [0.4, 0.5) is 0 Å². The number of rotatable bonds is 6. The van der Waals surface area contributed by atoms with Gasteiger partial charge in [0.05, 0.1) is 6.04 Å². The molecule has 0 amide bonds. The van der Waals surface area contributed by atoms with Gasteiger partial charge in [-0.3, -0.25) is 4.90 Å². The Bertz CT molecular complexity index is 330. The summed E-state index contributed by atoms with van der Waals surface area (Å²) in [6, 6.07) is 4.32. The zero-order valence-corrected chi connectivity index (χ0v) is 10.3. The maximum absolute atomic E-state index is 5.88. The van der Waals surface area contributed by atoms with Crippen molar-refractivity contribution in [1.29, 1.82) is 0 Å². The predicted molar refractivity (Wildman–Crippen MR) is 65.2 cm³/mol. The smallest absolute Gasteiger partial charge is 0.122 e. The van der Waals surface area contributed by atoms with Gasteiger partial charge in [-0.15, -0.1) is 0 Å². The van der Waals surface area contributed by atoms with Crippen molar-refractivity contribution < 1.29 is 4.42 Å². The third-order valence-corrected chi connectivity index (χ3v) is 3.35. The van der Waals surface area contributed by atoms with Crippen LogP contribution in [0.1, 0.15) is 37.3 Å². The fraction of sp³-hybridized carbons (Fsp3) is 0.692. The Morgan fingerprint density at radius 2 is 2.25 bits per heavy atom. The van der Waals surface area contributed by atoms with Gasteiger partial charge < -0.3 is 10.2 Å². The normalized spacial score (nSPS) is 18.0. The Morgan fingerprint density at radius 3 is 2.69 bits per heavy atom. The highest BCUT2D eigenvalue weighted by Gasteiger charge is 2.28. The number of aryl methyl sites for hydroxylation is 1. The summed E-state index contributed by atoms with van der Waals surface area (Å²) in [6.07, 6.45) is 2.76. The molecule has 3 nitrogen and oxygen atoms in total. The summed E-state index contributed by atoms with van der Waals surface area (Å²) in [6.45, 7) is 7.01. The molecule has 1 aliphatic carbocycles. The monoisotopic (exact) mass is 222 g/mol. The molecule has 0 aromatic carbocycles. The van der Waals surface area contributed by atoms with E-state index in [1.54, 1.807) is 0 Å². The molecule has 0 spiro atoms. The standard InChI is InChI=1S/C13H22N2O/c1-3-15(9-11-5-6-11)12(8-14)13-7-4-10(2)16-13/h4,7,11-12H,3,5-6,8-9,14H2,1-2H3. The van der Waals surface area contributed by atoms with Gasteiger partial charge in [0, 0.05) is 13.1 Å². The van der Waals surface area contributed by atoms with Crippen LogP contribution in [0.5, 0.6) is 0 Å². The summed E-state index contributed by atoms with van der Waals surface area (Å²) in [5.74, 6) is 2.88. The first-order valence-corrected chi connectivity index (χ1v) is 6.25. The van der Waals surface area contributed by atoms with E-state index >= 15 is 0 Å². The first kappa shape index (κ1) is 11.7. The highest BCUT2D eigenvalue weighted by Crippen LogP contribution is 2.32. The van der Waals surface area contributed by atoms with Crippen molar-refractivity contribution >= 4 is 0 Å². The summed E-state index contributed by atoms with van der Waals surface area (Å²) in [7, 11) is 0. The van der Waals surface area contributed by atoms with Crippen LogP contribution < -0.4 is 5.73 Å². The fourth-order valence-electron chi connectivity index (χ4n) is 2.19. The van der Waals surface area contributed by atoms with E-state index in [9.17, 15) is 0 Å². The van der Waals surface area contributed by atoms with Gasteiger partial charge in [0.2, 0.25) is 0 Å². The third-order valence-electron chi connectivity index (χ3n) is 3.35.